The molecule has 0 aliphatic carbocycles. The molecule has 15 heteroatoms. The molecule has 3 heterocycles. The molecule has 3 aromatic rings. The Hall–Kier alpha value is -3.73. The third kappa shape index (κ3) is 6.35. The molecule has 1 fully saturated rings. The second-order valence-corrected chi connectivity index (χ2v) is 11.9. The first-order valence-electron chi connectivity index (χ1n) is 13.9. The zero-order valence-electron chi connectivity index (χ0n) is 25.2. The van der Waals surface area contributed by atoms with Crippen LogP contribution in [0.4, 0.5) is 10.3 Å². The lowest BCUT2D eigenvalue weighted by molar-refractivity contribution is -0.151. The van der Waals surface area contributed by atoms with Crippen LogP contribution >= 0.6 is 7.60 Å². The summed E-state index contributed by atoms with van der Waals surface area (Å²) < 4.78 is 69.7. The summed E-state index contributed by atoms with van der Waals surface area (Å²) in [6, 6.07) is 7.74. The van der Waals surface area contributed by atoms with Gasteiger partial charge in [0.25, 0.3) is 5.56 Å². The zero-order valence-corrected chi connectivity index (χ0v) is 24.1. The Morgan fingerprint density at radius 1 is 1.38 bits per heavy atom. The molecule has 6 N–H and O–H groups in total. The summed E-state index contributed by atoms with van der Waals surface area (Å²) in [5, 5.41) is 10.9. The maximum absolute atomic E-state index is 14.9. The predicted molar refractivity (Wildman–Crippen MR) is 151 cm³/mol. The average Bonchev–Trinajstić information content (AvgIpc) is 3.37. The second-order valence-electron chi connectivity index (χ2n) is 9.99. The first kappa shape index (κ1) is 28.4. The number of esters is 1. The molecule has 0 bridgehead atoms. The van der Waals surface area contributed by atoms with E-state index in [-0.39, 0.29) is 17.3 Å². The largest absolute Gasteiger partial charge is 0.463 e. The van der Waals surface area contributed by atoms with Gasteiger partial charge in [-0.2, -0.15) is 4.98 Å². The molecule has 1 aromatic carbocycles. The number of nitrogen functional groups attached to an aromatic ring is 1. The van der Waals surface area contributed by atoms with Crippen LogP contribution in [0.2, 0.25) is 0 Å². The van der Waals surface area contributed by atoms with E-state index in [2.05, 4.69) is 21.8 Å². The van der Waals surface area contributed by atoms with Crippen LogP contribution in [0.3, 0.4) is 0 Å². The number of aromatic amines is 1. The minimum absolute atomic E-state index is 0.0509. The van der Waals surface area contributed by atoms with Crippen molar-refractivity contribution in [3.63, 3.8) is 0 Å². The van der Waals surface area contributed by atoms with Crippen molar-refractivity contribution < 1.29 is 40.1 Å². The summed E-state index contributed by atoms with van der Waals surface area (Å²) in [5.41, 5.74) is 8.80. The van der Waals surface area contributed by atoms with Gasteiger partial charge in [0.1, 0.15) is 23.3 Å². The topological polar surface area (TPSA) is 194 Å². The number of hydrogen-bond donors (Lipinski definition) is 4. The summed E-state index contributed by atoms with van der Waals surface area (Å²) in [6.07, 6.45) is -5.90. The summed E-state index contributed by atoms with van der Waals surface area (Å²) in [5.74, 6) is 2.00. The highest BCUT2D eigenvalue weighted by Gasteiger charge is 2.55. The van der Waals surface area contributed by atoms with Crippen LogP contribution in [-0.4, -0.2) is 62.2 Å². The lowest BCUT2D eigenvalue weighted by Crippen LogP contribution is -2.53. The smallest absolute Gasteiger partial charge is 0.380 e. The number of aliphatic hydroxyl groups excluding tert-OH is 1. The Bertz CT molecular complexity index is 1710. The van der Waals surface area contributed by atoms with E-state index in [1.54, 1.807) is 32.0 Å². The van der Waals surface area contributed by atoms with Gasteiger partial charge < -0.3 is 30.6 Å². The lowest BCUT2D eigenvalue weighted by atomic mass is 9.91. The van der Waals surface area contributed by atoms with E-state index in [9.17, 15) is 23.7 Å². The molecular weight excluding hydrogens is 572 g/mol. The van der Waals surface area contributed by atoms with E-state index in [1.165, 1.54) is 26.0 Å². The van der Waals surface area contributed by atoms with E-state index < -0.39 is 79.0 Å². The maximum Gasteiger partial charge on any atom is 0.380 e. The van der Waals surface area contributed by atoms with Crippen LogP contribution in [0.15, 0.2) is 41.3 Å². The first-order chi connectivity index (χ1) is 20.5. The molecular formula is C27H33FN5O8P. The van der Waals surface area contributed by atoms with Gasteiger partial charge in [0.15, 0.2) is 23.2 Å². The molecule has 226 valence electrons. The number of fused-ring (bicyclic) bond motifs is 1. The summed E-state index contributed by atoms with van der Waals surface area (Å²) in [7, 11) is -4.58. The van der Waals surface area contributed by atoms with E-state index in [0.717, 1.165) is 10.8 Å². The molecule has 1 aliphatic heterocycles. The highest BCUT2D eigenvalue weighted by atomic mass is 31.2. The van der Waals surface area contributed by atoms with Gasteiger partial charge in [0.05, 0.1) is 27.5 Å². The van der Waals surface area contributed by atoms with Crippen molar-refractivity contribution in [2.45, 2.75) is 57.8 Å². The van der Waals surface area contributed by atoms with Crippen molar-refractivity contribution in [3.05, 3.63) is 52.7 Å². The number of ether oxygens (including phenoxy) is 2. The number of nitrogens with two attached hydrogens (primary N) is 2. The molecule has 1 aliphatic rings. The monoisotopic (exact) mass is 607 g/mol. The van der Waals surface area contributed by atoms with Crippen molar-refractivity contribution >= 4 is 30.5 Å². The standard InChI is InChI=1S/C27H33FN5O8P/c1-5-11-27(30)21(34)19(40-25(27)33-12-18(28)20-22(33)31-26(29)32-23(20)35)13-38-42(37,41-17-9-7-6-8-10-17)14-16(4)24(36)39-15(2)3/h6-10,12,15-16,19,21,25,34H,13-14,30H2,1-4H3,(H3,29,31,32,35)/t16-,19-,21+,25-,27?,42+/m1/s1/i13D2. The summed E-state index contributed by atoms with van der Waals surface area (Å²) in [6.45, 7) is 2.95. The van der Waals surface area contributed by atoms with Crippen molar-refractivity contribution in [1.82, 2.24) is 14.5 Å². The number of benzene rings is 1. The normalized spacial score (nSPS) is 25.2. The summed E-state index contributed by atoms with van der Waals surface area (Å²) >= 11 is 0. The van der Waals surface area contributed by atoms with Gasteiger partial charge in [-0.15, -0.1) is 5.92 Å². The molecule has 0 radical (unpaired) electrons. The van der Waals surface area contributed by atoms with Gasteiger partial charge in [-0.05, 0) is 32.9 Å². The van der Waals surface area contributed by atoms with Crippen LogP contribution in [0.5, 0.6) is 5.75 Å². The number of carbonyl (C=O) groups is 1. The highest BCUT2D eigenvalue weighted by molar-refractivity contribution is 7.54. The molecule has 4 rings (SSSR count). The van der Waals surface area contributed by atoms with E-state index >= 15 is 0 Å². The molecule has 0 spiro atoms. The number of halogens is 1. The maximum atomic E-state index is 14.9. The zero-order chi connectivity index (χ0) is 32.6. The number of rotatable bonds is 10. The van der Waals surface area contributed by atoms with Crippen LogP contribution in [0, 0.1) is 23.6 Å². The highest BCUT2D eigenvalue weighted by Crippen LogP contribution is 2.51. The predicted octanol–water partition coefficient (Wildman–Crippen LogP) is 2.30. The van der Waals surface area contributed by atoms with Crippen molar-refractivity contribution in [1.29, 1.82) is 0 Å². The number of nitrogens with zero attached hydrogens (tertiary/aromatic N) is 2. The number of aromatic nitrogens is 3. The Balaban J connectivity index is 1.74. The van der Waals surface area contributed by atoms with E-state index in [4.69, 9.17) is 32.7 Å². The fourth-order valence-corrected chi connectivity index (χ4v) is 6.11. The Kier molecular flexibility index (Phi) is 8.28. The SMILES string of the molecule is [2H]C([2H])(O[P@@](=O)(C[C@@H](C)C(=O)OC(C)C)Oc1ccccc1)[C@H]1O[C@@H](n2cc(F)c3c(=O)[nH]c(N)nc32)C(N)(C#CC)[C@H]1O. The molecule has 2 aromatic heterocycles. The van der Waals surface area contributed by atoms with Crippen LogP contribution < -0.4 is 21.6 Å². The number of anilines is 1. The number of H-pyrrole nitrogens is 1. The average molecular weight is 608 g/mol. The van der Waals surface area contributed by atoms with Crippen LogP contribution in [0.25, 0.3) is 11.0 Å². The Labute approximate surface area is 243 Å². The number of nitrogens with one attached hydrogen (secondary N) is 1. The van der Waals surface area contributed by atoms with Crippen molar-refractivity contribution in [2.75, 3.05) is 18.5 Å². The quantitative estimate of drug-likeness (QED) is 0.150. The minimum atomic E-state index is -4.58. The first-order valence-corrected chi connectivity index (χ1v) is 14.6. The van der Waals surface area contributed by atoms with Crippen molar-refractivity contribution in [3.8, 4) is 17.6 Å². The third-order valence-corrected chi connectivity index (χ3v) is 8.12. The van der Waals surface area contributed by atoms with E-state index in [1.807, 2.05) is 0 Å². The van der Waals surface area contributed by atoms with Crippen LogP contribution in [-0.2, 0) is 23.4 Å². The van der Waals surface area contributed by atoms with Gasteiger partial charge in [-0.3, -0.25) is 23.7 Å². The molecule has 42 heavy (non-hydrogen) atoms. The Morgan fingerprint density at radius 3 is 2.71 bits per heavy atom. The Morgan fingerprint density at radius 2 is 2.07 bits per heavy atom. The van der Waals surface area contributed by atoms with Gasteiger partial charge in [-0.1, -0.05) is 31.0 Å². The molecule has 13 nitrogen and oxygen atoms in total. The van der Waals surface area contributed by atoms with Gasteiger partial charge >= 0.3 is 13.6 Å². The molecule has 6 atom stereocenters. The van der Waals surface area contributed by atoms with Gasteiger partial charge in [0, 0.05) is 6.20 Å². The van der Waals surface area contributed by atoms with Gasteiger partial charge in [0.2, 0.25) is 5.95 Å². The number of aliphatic hydroxyl groups is 1. The van der Waals surface area contributed by atoms with Crippen LogP contribution in [0.1, 0.15) is 36.7 Å². The molecule has 0 saturated carbocycles. The number of hydrogen-bond acceptors (Lipinski definition) is 11. The van der Waals surface area contributed by atoms with E-state index in [0.29, 0.717) is 0 Å². The number of para-hydroxylation sites is 1. The fraction of sp³-hybridized carbons (Fsp3) is 0.444. The summed E-state index contributed by atoms with van der Waals surface area (Å²) in [4.78, 5) is 31.1. The minimum Gasteiger partial charge on any atom is -0.463 e. The number of carbonyl (C=O) groups excluding carboxylic acids is 1. The second kappa shape index (κ2) is 12.2. The molecule has 1 unspecified atom stereocenters. The van der Waals surface area contributed by atoms with Gasteiger partial charge in [-0.25, -0.2) is 8.96 Å². The lowest BCUT2D eigenvalue weighted by Gasteiger charge is -2.28. The molecule has 0 amide bonds. The third-order valence-electron chi connectivity index (χ3n) is 6.26. The van der Waals surface area contributed by atoms with Crippen molar-refractivity contribution in [2.24, 2.45) is 11.7 Å². The molecule has 1 saturated heterocycles. The fourth-order valence-electron chi connectivity index (χ4n) is 4.40.